The molecule has 4 nitrogen and oxygen atoms in total. The average molecular weight is 234 g/mol. The van der Waals surface area contributed by atoms with Gasteiger partial charge in [-0.05, 0) is 20.3 Å². The maximum atomic E-state index is 9.77. The second-order valence-electron chi connectivity index (χ2n) is 3.23. The summed E-state index contributed by atoms with van der Waals surface area (Å²) >= 11 is 0. The van der Waals surface area contributed by atoms with E-state index in [-0.39, 0.29) is 0 Å². The van der Waals surface area contributed by atoms with E-state index in [1.54, 1.807) is 13.8 Å². The smallest absolute Gasteiger partial charge is 0.269 e. The number of hydrogen-bond acceptors (Lipinski definition) is 4. The number of aliphatic hydroxyl groups is 1. The summed E-state index contributed by atoms with van der Waals surface area (Å²) in [5, 5.41) is 8.60. The van der Waals surface area contributed by atoms with Gasteiger partial charge in [-0.1, -0.05) is 26.2 Å². The zero-order valence-corrected chi connectivity index (χ0v) is 10.8. The topological polar surface area (TPSA) is 55.8 Å². The van der Waals surface area contributed by atoms with E-state index in [9.17, 15) is 4.79 Å². The third-order valence-corrected chi connectivity index (χ3v) is 1.79. The third-order valence-electron chi connectivity index (χ3n) is 1.79. The molecule has 0 aromatic rings. The number of rotatable bonds is 9. The van der Waals surface area contributed by atoms with E-state index in [4.69, 9.17) is 5.11 Å². The van der Waals surface area contributed by atoms with Crippen LogP contribution in [0.3, 0.4) is 0 Å². The van der Waals surface area contributed by atoms with E-state index < -0.39 is 6.48 Å². The summed E-state index contributed by atoms with van der Waals surface area (Å²) in [6, 6.07) is 0. The van der Waals surface area contributed by atoms with Crippen LogP contribution < -0.4 is 0 Å². The molecule has 0 aliphatic rings. The van der Waals surface area contributed by atoms with Crippen LogP contribution in [0.4, 0.5) is 0 Å². The quantitative estimate of drug-likeness (QED) is 0.378. The minimum Gasteiger partial charge on any atom is -0.346 e. The maximum absolute atomic E-state index is 9.77. The highest BCUT2D eigenvalue weighted by atomic mass is 16.8. The molecular weight excluding hydrogens is 208 g/mol. The maximum Gasteiger partial charge on any atom is 0.269 e. The molecule has 0 heterocycles. The van der Waals surface area contributed by atoms with Gasteiger partial charge in [0.1, 0.15) is 6.29 Å². The highest BCUT2D eigenvalue weighted by Crippen LogP contribution is 1.99. The highest BCUT2D eigenvalue weighted by Gasteiger charge is 1.97. The molecular formula is C12H26O4. The van der Waals surface area contributed by atoms with Gasteiger partial charge in [0.05, 0.1) is 0 Å². The predicted molar refractivity (Wildman–Crippen MR) is 64.1 cm³/mol. The molecule has 0 saturated carbocycles. The van der Waals surface area contributed by atoms with Crippen LogP contribution in [0.15, 0.2) is 0 Å². The molecule has 0 aliphatic carbocycles. The van der Waals surface area contributed by atoms with Crippen molar-refractivity contribution in [2.45, 2.75) is 59.4 Å². The minimum atomic E-state index is -1.04. The third kappa shape index (κ3) is 19.2. The Morgan fingerprint density at radius 2 is 1.62 bits per heavy atom. The van der Waals surface area contributed by atoms with Gasteiger partial charge in [0.25, 0.3) is 6.48 Å². The summed E-state index contributed by atoms with van der Waals surface area (Å²) in [4.78, 5) is 9.77. The Kier molecular flexibility index (Phi) is 19.0. The Hall–Kier alpha value is -0.450. The van der Waals surface area contributed by atoms with Gasteiger partial charge in [0.2, 0.25) is 0 Å². The van der Waals surface area contributed by atoms with E-state index in [1.807, 2.05) is 0 Å². The zero-order valence-electron chi connectivity index (χ0n) is 10.8. The van der Waals surface area contributed by atoms with Crippen molar-refractivity contribution in [1.82, 2.24) is 0 Å². The van der Waals surface area contributed by atoms with Crippen LogP contribution in [-0.2, 0) is 14.3 Å². The molecule has 0 rings (SSSR count). The summed E-state index contributed by atoms with van der Waals surface area (Å²) in [7, 11) is 0. The van der Waals surface area contributed by atoms with E-state index in [0.717, 1.165) is 19.1 Å². The van der Waals surface area contributed by atoms with Crippen molar-refractivity contribution in [1.29, 1.82) is 0 Å². The summed E-state index contributed by atoms with van der Waals surface area (Å²) in [5.74, 6) is 0. The second-order valence-corrected chi connectivity index (χ2v) is 3.23. The van der Waals surface area contributed by atoms with Crippen LogP contribution in [0, 0.1) is 0 Å². The van der Waals surface area contributed by atoms with Gasteiger partial charge in [0.15, 0.2) is 0 Å². The van der Waals surface area contributed by atoms with Crippen molar-refractivity contribution in [3.8, 4) is 0 Å². The number of carbonyl (C=O) groups is 1. The van der Waals surface area contributed by atoms with Crippen LogP contribution in [0.1, 0.15) is 52.9 Å². The van der Waals surface area contributed by atoms with E-state index in [1.165, 1.54) is 19.3 Å². The van der Waals surface area contributed by atoms with Crippen LogP contribution in [0.25, 0.3) is 0 Å². The molecule has 0 aliphatic heterocycles. The molecule has 0 aromatic carbocycles. The van der Waals surface area contributed by atoms with Gasteiger partial charge in [0, 0.05) is 19.6 Å². The SMILES string of the molecule is CCCCCCC=O.CCOC(O)OCC. The first-order valence-corrected chi connectivity index (χ1v) is 6.07. The first-order valence-electron chi connectivity index (χ1n) is 6.07. The molecule has 16 heavy (non-hydrogen) atoms. The molecule has 0 unspecified atom stereocenters. The van der Waals surface area contributed by atoms with Crippen LogP contribution in [0.2, 0.25) is 0 Å². The van der Waals surface area contributed by atoms with Crippen molar-refractivity contribution in [2.75, 3.05) is 13.2 Å². The largest absolute Gasteiger partial charge is 0.346 e. The number of ether oxygens (including phenoxy) is 2. The summed E-state index contributed by atoms with van der Waals surface area (Å²) < 4.78 is 9.23. The summed E-state index contributed by atoms with van der Waals surface area (Å²) in [6.07, 6.45) is 6.56. The fourth-order valence-corrected chi connectivity index (χ4v) is 0.988. The first-order chi connectivity index (χ1) is 7.72. The van der Waals surface area contributed by atoms with Crippen molar-refractivity contribution in [3.63, 3.8) is 0 Å². The van der Waals surface area contributed by atoms with Crippen LogP contribution in [0.5, 0.6) is 0 Å². The molecule has 0 aromatic heterocycles. The lowest BCUT2D eigenvalue weighted by atomic mass is 10.2. The lowest BCUT2D eigenvalue weighted by Gasteiger charge is -2.07. The van der Waals surface area contributed by atoms with Crippen molar-refractivity contribution < 1.29 is 19.4 Å². The Balaban J connectivity index is 0. The molecule has 98 valence electrons. The summed E-state index contributed by atoms with van der Waals surface area (Å²) in [5.41, 5.74) is 0. The van der Waals surface area contributed by atoms with Crippen molar-refractivity contribution >= 4 is 6.29 Å². The number of aldehydes is 1. The highest BCUT2D eigenvalue weighted by molar-refractivity contribution is 5.48. The lowest BCUT2D eigenvalue weighted by Crippen LogP contribution is -2.15. The normalized spacial score (nSPS) is 9.81. The fraction of sp³-hybridized carbons (Fsp3) is 0.917. The molecule has 0 atom stereocenters. The van der Waals surface area contributed by atoms with Gasteiger partial charge < -0.3 is 19.4 Å². The standard InChI is InChI=1S/C7H14O.C5H12O3/c1-2-3-4-5-6-7-8;1-3-7-5(6)8-4-2/h7H,2-6H2,1H3;5-6H,3-4H2,1-2H3. The average Bonchev–Trinajstić information content (AvgIpc) is 2.26. The van der Waals surface area contributed by atoms with Crippen LogP contribution in [-0.4, -0.2) is 31.1 Å². The Bertz CT molecular complexity index is 122. The molecule has 0 saturated heterocycles. The van der Waals surface area contributed by atoms with Gasteiger partial charge >= 0.3 is 0 Å². The molecule has 0 amide bonds. The molecule has 0 fully saturated rings. The Morgan fingerprint density at radius 1 is 1.06 bits per heavy atom. The fourth-order valence-electron chi connectivity index (χ4n) is 0.988. The number of hydrogen-bond donors (Lipinski definition) is 1. The monoisotopic (exact) mass is 234 g/mol. The molecule has 0 spiro atoms. The second kappa shape index (κ2) is 17.0. The molecule has 1 N–H and O–H groups in total. The van der Waals surface area contributed by atoms with Gasteiger partial charge in [-0.3, -0.25) is 0 Å². The first kappa shape index (κ1) is 17.9. The van der Waals surface area contributed by atoms with E-state index >= 15 is 0 Å². The molecule has 4 heteroatoms. The Morgan fingerprint density at radius 3 is 2.00 bits per heavy atom. The summed E-state index contributed by atoms with van der Waals surface area (Å²) in [6.45, 7) is 5.67. The van der Waals surface area contributed by atoms with E-state index in [2.05, 4.69) is 16.4 Å². The Labute approximate surface area is 98.9 Å². The number of aliphatic hydroxyl groups excluding tert-OH is 1. The lowest BCUT2D eigenvalue weighted by molar-refractivity contribution is -0.258. The van der Waals surface area contributed by atoms with Crippen molar-refractivity contribution in [3.05, 3.63) is 0 Å². The van der Waals surface area contributed by atoms with Crippen LogP contribution >= 0.6 is 0 Å². The minimum absolute atomic E-state index is 0.473. The van der Waals surface area contributed by atoms with Gasteiger partial charge in [-0.2, -0.15) is 0 Å². The van der Waals surface area contributed by atoms with E-state index in [0.29, 0.717) is 13.2 Å². The molecule has 0 bridgehead atoms. The van der Waals surface area contributed by atoms with Gasteiger partial charge in [-0.15, -0.1) is 0 Å². The number of unbranched alkanes of at least 4 members (excludes halogenated alkanes) is 4. The van der Waals surface area contributed by atoms with Crippen molar-refractivity contribution in [2.24, 2.45) is 0 Å². The van der Waals surface area contributed by atoms with Gasteiger partial charge in [-0.25, -0.2) is 0 Å². The zero-order chi connectivity index (χ0) is 12.6. The number of carbonyl (C=O) groups excluding carboxylic acids is 1. The predicted octanol–water partition coefficient (Wildman–Crippen LogP) is 2.49. The molecule has 0 radical (unpaired) electrons.